The van der Waals surface area contributed by atoms with E-state index in [2.05, 4.69) is 28.5 Å². The molecule has 5 rings (SSSR count). The Kier molecular flexibility index (Phi) is 6.64. The summed E-state index contributed by atoms with van der Waals surface area (Å²) in [6.07, 6.45) is 3.08. The Labute approximate surface area is 208 Å². The fourth-order valence-corrected chi connectivity index (χ4v) is 5.62. The average molecular weight is 485 g/mol. The molecule has 6 heteroatoms. The summed E-state index contributed by atoms with van der Waals surface area (Å²) in [5, 5.41) is 3.19. The molecular weight excluding hydrogens is 456 g/mol. The molecule has 1 heterocycles. The average Bonchev–Trinajstić information content (AvgIpc) is 3.24. The molecule has 0 fully saturated rings. The lowest BCUT2D eigenvalue weighted by atomic mass is 9.87. The lowest BCUT2D eigenvalue weighted by molar-refractivity contribution is 0.0932. The molecule has 0 bridgehead atoms. The number of amides is 1. The zero-order chi connectivity index (χ0) is 24.4. The van der Waals surface area contributed by atoms with E-state index in [4.69, 9.17) is 4.42 Å². The molecule has 5 nitrogen and oxygen atoms in total. The number of aromatic nitrogens is 1. The number of hydrogen-bond acceptors (Lipinski definition) is 4. The van der Waals surface area contributed by atoms with E-state index in [-0.39, 0.29) is 11.9 Å². The maximum atomic E-state index is 12.9. The van der Waals surface area contributed by atoms with Crippen LogP contribution in [-0.4, -0.2) is 15.1 Å². The minimum absolute atomic E-state index is 0.0403. The Morgan fingerprint density at radius 3 is 2.54 bits per heavy atom. The third-order valence-electron chi connectivity index (χ3n) is 6.51. The fourth-order valence-electron chi connectivity index (χ4n) is 4.49. The summed E-state index contributed by atoms with van der Waals surface area (Å²) in [6, 6.07) is 23.3. The summed E-state index contributed by atoms with van der Waals surface area (Å²) in [6.45, 7) is 3.84. The Hall–Kier alpha value is -3.51. The van der Waals surface area contributed by atoms with Gasteiger partial charge in [-0.05, 0) is 80.6 Å². The molecule has 2 unspecified atom stereocenters. The summed E-state index contributed by atoms with van der Waals surface area (Å²) in [7, 11) is -1.20. The number of nitrogens with zero attached hydrogens (tertiary/aromatic N) is 1. The van der Waals surface area contributed by atoms with Crippen LogP contribution in [0.3, 0.4) is 0 Å². The number of oxazole rings is 1. The SMILES string of the molecule is Cc1ccc(S(=O)Cc2nc(-c3ccc(C(=O)NC4CCCc5ccccc54)cc3)oc2C)cc1. The first-order valence-electron chi connectivity index (χ1n) is 11.9. The zero-order valence-electron chi connectivity index (χ0n) is 19.9. The fraction of sp³-hybridized carbons (Fsp3) is 0.241. The molecule has 2 atom stereocenters. The zero-order valence-corrected chi connectivity index (χ0v) is 20.7. The van der Waals surface area contributed by atoms with Crippen molar-refractivity contribution >= 4 is 16.7 Å². The van der Waals surface area contributed by atoms with E-state index < -0.39 is 10.8 Å². The number of aryl methyl sites for hydroxylation is 3. The minimum atomic E-state index is -1.20. The molecule has 0 saturated heterocycles. The Morgan fingerprint density at radius 2 is 1.77 bits per heavy atom. The van der Waals surface area contributed by atoms with Gasteiger partial charge in [-0.25, -0.2) is 4.98 Å². The molecular formula is C29H28N2O3S. The molecule has 1 aliphatic carbocycles. The van der Waals surface area contributed by atoms with Gasteiger partial charge in [0.15, 0.2) is 0 Å². The van der Waals surface area contributed by atoms with E-state index in [1.165, 1.54) is 11.1 Å². The highest BCUT2D eigenvalue weighted by atomic mass is 32.2. The van der Waals surface area contributed by atoms with E-state index >= 15 is 0 Å². The van der Waals surface area contributed by atoms with Gasteiger partial charge >= 0.3 is 0 Å². The number of rotatable bonds is 6. The van der Waals surface area contributed by atoms with Gasteiger partial charge in [0.05, 0.1) is 28.3 Å². The summed E-state index contributed by atoms with van der Waals surface area (Å²) in [5.74, 6) is 1.32. The molecule has 35 heavy (non-hydrogen) atoms. The molecule has 1 aliphatic rings. The number of carbonyl (C=O) groups excluding carboxylic acids is 1. The molecule has 0 radical (unpaired) electrons. The van der Waals surface area contributed by atoms with Crippen LogP contribution in [0.5, 0.6) is 0 Å². The first kappa shape index (κ1) is 23.2. The smallest absolute Gasteiger partial charge is 0.251 e. The van der Waals surface area contributed by atoms with Crippen molar-refractivity contribution in [3.05, 3.63) is 107 Å². The van der Waals surface area contributed by atoms with Crippen molar-refractivity contribution in [3.63, 3.8) is 0 Å². The number of nitrogens with one attached hydrogen (secondary N) is 1. The second-order valence-corrected chi connectivity index (χ2v) is 10.5. The molecule has 1 N–H and O–H groups in total. The largest absolute Gasteiger partial charge is 0.441 e. The molecule has 0 saturated carbocycles. The van der Waals surface area contributed by atoms with Crippen molar-refractivity contribution in [1.29, 1.82) is 0 Å². The maximum Gasteiger partial charge on any atom is 0.251 e. The van der Waals surface area contributed by atoms with Crippen molar-refractivity contribution in [2.45, 2.75) is 49.8 Å². The molecule has 3 aromatic carbocycles. The van der Waals surface area contributed by atoms with Crippen LogP contribution in [0.1, 0.15) is 57.4 Å². The molecule has 1 aromatic heterocycles. The van der Waals surface area contributed by atoms with E-state index in [0.29, 0.717) is 28.7 Å². The molecule has 0 spiro atoms. The van der Waals surface area contributed by atoms with Crippen molar-refractivity contribution in [2.24, 2.45) is 0 Å². The molecule has 4 aromatic rings. The van der Waals surface area contributed by atoms with Crippen LogP contribution < -0.4 is 5.32 Å². The van der Waals surface area contributed by atoms with Crippen molar-refractivity contribution in [3.8, 4) is 11.5 Å². The number of fused-ring (bicyclic) bond motifs is 1. The highest BCUT2D eigenvalue weighted by Crippen LogP contribution is 2.30. The van der Waals surface area contributed by atoms with E-state index in [0.717, 1.165) is 35.3 Å². The lowest BCUT2D eigenvalue weighted by Gasteiger charge is -2.26. The second-order valence-electron chi connectivity index (χ2n) is 9.02. The second kappa shape index (κ2) is 10.0. The predicted molar refractivity (Wildman–Crippen MR) is 138 cm³/mol. The standard InChI is InChI=1S/C29H28N2O3S/c1-19-10-16-24(17-11-19)35(33)18-27-20(2)34-29(31-27)23-14-12-22(13-15-23)28(32)30-26-9-5-7-21-6-3-4-8-25(21)26/h3-4,6,8,10-17,26H,5,7,9,18H2,1-2H3,(H,30,32). The molecule has 178 valence electrons. The van der Waals surface area contributed by atoms with Gasteiger partial charge in [-0.3, -0.25) is 9.00 Å². The first-order valence-corrected chi connectivity index (χ1v) is 13.2. The summed E-state index contributed by atoms with van der Waals surface area (Å²) in [4.78, 5) is 18.3. The van der Waals surface area contributed by atoms with Crippen LogP contribution in [0, 0.1) is 13.8 Å². The Bertz CT molecular complexity index is 1370. The third-order valence-corrected chi connectivity index (χ3v) is 7.85. The number of carbonyl (C=O) groups is 1. The highest BCUT2D eigenvalue weighted by Gasteiger charge is 2.22. The van der Waals surface area contributed by atoms with Crippen LogP contribution >= 0.6 is 0 Å². The normalized spacial score (nSPS) is 15.9. The lowest BCUT2D eigenvalue weighted by Crippen LogP contribution is -2.30. The Balaban J connectivity index is 1.27. The van der Waals surface area contributed by atoms with Gasteiger partial charge < -0.3 is 9.73 Å². The first-order chi connectivity index (χ1) is 17.0. The van der Waals surface area contributed by atoms with Crippen molar-refractivity contribution in [1.82, 2.24) is 10.3 Å². The van der Waals surface area contributed by atoms with Gasteiger partial charge in [-0.1, -0.05) is 42.0 Å². The molecule has 1 amide bonds. The van der Waals surface area contributed by atoms with Crippen molar-refractivity contribution < 1.29 is 13.4 Å². The van der Waals surface area contributed by atoms with Gasteiger partial charge in [-0.2, -0.15) is 0 Å². The summed E-state index contributed by atoms with van der Waals surface area (Å²) in [5.41, 5.74) is 5.72. The summed E-state index contributed by atoms with van der Waals surface area (Å²) < 4.78 is 18.6. The van der Waals surface area contributed by atoms with Crippen LogP contribution in [0.2, 0.25) is 0 Å². The van der Waals surface area contributed by atoms with Crippen LogP contribution in [0.4, 0.5) is 0 Å². The quantitative estimate of drug-likeness (QED) is 0.360. The highest BCUT2D eigenvalue weighted by molar-refractivity contribution is 7.84. The van der Waals surface area contributed by atoms with Gasteiger partial charge in [0.25, 0.3) is 5.91 Å². The van der Waals surface area contributed by atoms with Gasteiger partial charge in [-0.15, -0.1) is 0 Å². The predicted octanol–water partition coefficient (Wildman–Crippen LogP) is 6.07. The van der Waals surface area contributed by atoms with E-state index in [1.807, 2.05) is 56.3 Å². The minimum Gasteiger partial charge on any atom is -0.441 e. The van der Waals surface area contributed by atoms with Crippen LogP contribution in [-0.2, 0) is 23.0 Å². The Morgan fingerprint density at radius 1 is 1.03 bits per heavy atom. The maximum absolute atomic E-state index is 12.9. The molecule has 0 aliphatic heterocycles. The topological polar surface area (TPSA) is 72.2 Å². The van der Waals surface area contributed by atoms with Crippen LogP contribution in [0.15, 0.2) is 82.1 Å². The number of benzene rings is 3. The van der Waals surface area contributed by atoms with Gasteiger partial charge in [0.1, 0.15) is 5.76 Å². The van der Waals surface area contributed by atoms with Gasteiger partial charge in [0.2, 0.25) is 5.89 Å². The van der Waals surface area contributed by atoms with E-state index in [9.17, 15) is 9.00 Å². The monoisotopic (exact) mass is 484 g/mol. The van der Waals surface area contributed by atoms with Crippen LogP contribution in [0.25, 0.3) is 11.5 Å². The number of hydrogen-bond donors (Lipinski definition) is 1. The van der Waals surface area contributed by atoms with Gasteiger partial charge in [0, 0.05) is 16.0 Å². The van der Waals surface area contributed by atoms with Crippen molar-refractivity contribution in [2.75, 3.05) is 0 Å². The van der Waals surface area contributed by atoms with E-state index in [1.54, 1.807) is 12.1 Å². The third kappa shape index (κ3) is 5.13. The summed E-state index contributed by atoms with van der Waals surface area (Å²) >= 11 is 0.